The molecule has 1 aliphatic rings. The smallest absolute Gasteiger partial charge is 0.122 e. The maximum atomic E-state index is 10.2. The van der Waals surface area contributed by atoms with Gasteiger partial charge in [-0.2, -0.15) is 0 Å². The highest BCUT2D eigenvalue weighted by Gasteiger charge is 2.33. The Morgan fingerprint density at radius 2 is 2.17 bits per heavy atom. The van der Waals surface area contributed by atoms with Crippen molar-refractivity contribution in [1.29, 1.82) is 0 Å². The Morgan fingerprint density at radius 1 is 1.33 bits per heavy atom. The molecule has 0 spiro atoms. The van der Waals surface area contributed by atoms with Gasteiger partial charge in [0.05, 0.1) is 18.3 Å². The number of rotatable bonds is 6. The number of aliphatic hydroxyl groups is 2. The molecule has 1 fully saturated rings. The van der Waals surface area contributed by atoms with E-state index >= 15 is 0 Å². The lowest BCUT2D eigenvalue weighted by Gasteiger charge is -2.20. The topological polar surface area (TPSA) is 83.6 Å². The van der Waals surface area contributed by atoms with E-state index in [0.29, 0.717) is 19.6 Å². The summed E-state index contributed by atoms with van der Waals surface area (Å²) in [4.78, 5) is 2.02. The van der Waals surface area contributed by atoms with Crippen LogP contribution in [0.3, 0.4) is 0 Å². The Labute approximate surface area is 141 Å². The van der Waals surface area contributed by atoms with Crippen LogP contribution in [-0.2, 0) is 0 Å². The number of aliphatic hydroxyl groups excluding tert-OH is 2. The van der Waals surface area contributed by atoms with Crippen molar-refractivity contribution in [3.8, 4) is 5.75 Å². The highest BCUT2D eigenvalue weighted by molar-refractivity contribution is 5.35. The van der Waals surface area contributed by atoms with E-state index in [1.165, 1.54) is 5.56 Å². The molecular weight excluding hydrogens is 308 g/mol. The zero-order valence-corrected chi connectivity index (χ0v) is 14.0. The minimum atomic E-state index is -0.618. The summed E-state index contributed by atoms with van der Waals surface area (Å²) in [5, 5.41) is 28.1. The standard InChI is InChI=1S/C17H24N4O3/c1-12-3-4-17(13(2)7-12)24-11-14(22)8-20-9-15(16(23)10-20)21-6-5-18-19-21/h3-7,14-16,22-23H,8-11H2,1-2H3/t14?,15-,16-/m1/s1. The van der Waals surface area contributed by atoms with Crippen LogP contribution in [0.5, 0.6) is 5.75 Å². The average Bonchev–Trinajstić information content (AvgIpc) is 3.16. The van der Waals surface area contributed by atoms with Gasteiger partial charge in [-0.25, -0.2) is 4.68 Å². The summed E-state index contributed by atoms with van der Waals surface area (Å²) in [6.07, 6.45) is 2.21. The van der Waals surface area contributed by atoms with Gasteiger partial charge < -0.3 is 14.9 Å². The van der Waals surface area contributed by atoms with Crippen LogP contribution in [-0.4, -0.2) is 68.6 Å². The second-order valence-electron chi connectivity index (χ2n) is 6.47. The largest absolute Gasteiger partial charge is 0.491 e. The number of likely N-dealkylation sites (tertiary alicyclic amines) is 1. The zero-order valence-electron chi connectivity index (χ0n) is 14.0. The number of aryl methyl sites for hydroxylation is 2. The van der Waals surface area contributed by atoms with Crippen molar-refractivity contribution in [2.24, 2.45) is 0 Å². The Morgan fingerprint density at radius 3 is 2.88 bits per heavy atom. The van der Waals surface area contributed by atoms with E-state index in [0.717, 1.165) is 11.3 Å². The number of ether oxygens (including phenoxy) is 1. The molecule has 0 amide bonds. The summed E-state index contributed by atoms with van der Waals surface area (Å²) in [5.74, 6) is 0.793. The molecular formula is C17H24N4O3. The third-order valence-electron chi connectivity index (χ3n) is 4.35. The molecule has 7 nitrogen and oxygen atoms in total. The van der Waals surface area contributed by atoms with Crippen molar-refractivity contribution in [2.75, 3.05) is 26.2 Å². The van der Waals surface area contributed by atoms with Gasteiger partial charge in [-0.3, -0.25) is 4.90 Å². The molecule has 3 atom stereocenters. The molecule has 2 N–H and O–H groups in total. The summed E-state index contributed by atoms with van der Waals surface area (Å²) in [6.45, 7) is 5.85. The van der Waals surface area contributed by atoms with E-state index in [1.54, 1.807) is 17.1 Å². The van der Waals surface area contributed by atoms with Crippen molar-refractivity contribution in [2.45, 2.75) is 32.1 Å². The summed E-state index contributed by atoms with van der Waals surface area (Å²) in [7, 11) is 0. The van der Waals surface area contributed by atoms with Crippen molar-refractivity contribution in [3.05, 3.63) is 41.7 Å². The first-order valence-electron chi connectivity index (χ1n) is 8.17. The van der Waals surface area contributed by atoms with Gasteiger partial charge in [-0.05, 0) is 25.5 Å². The van der Waals surface area contributed by atoms with Gasteiger partial charge >= 0.3 is 0 Å². The van der Waals surface area contributed by atoms with E-state index in [-0.39, 0.29) is 12.6 Å². The van der Waals surface area contributed by atoms with Gasteiger partial charge in [0.2, 0.25) is 0 Å². The lowest BCUT2D eigenvalue weighted by atomic mass is 10.1. The number of aromatic nitrogens is 3. The second kappa shape index (κ2) is 7.29. The first-order valence-corrected chi connectivity index (χ1v) is 8.17. The first kappa shape index (κ1) is 16.9. The van der Waals surface area contributed by atoms with Gasteiger partial charge in [-0.15, -0.1) is 5.10 Å². The number of benzene rings is 1. The normalized spacial score (nSPS) is 22.7. The molecule has 130 valence electrons. The number of β-amino-alcohol motifs (C(OH)–C–C–N with tert-alkyl or cyclic N) is 2. The maximum absolute atomic E-state index is 10.2. The average molecular weight is 332 g/mol. The van der Waals surface area contributed by atoms with Crippen LogP contribution >= 0.6 is 0 Å². The van der Waals surface area contributed by atoms with Crippen molar-refractivity contribution < 1.29 is 14.9 Å². The molecule has 2 aromatic rings. The van der Waals surface area contributed by atoms with Crippen molar-refractivity contribution >= 4 is 0 Å². The Kier molecular flexibility index (Phi) is 5.13. The Balaban J connectivity index is 1.49. The summed E-state index contributed by atoms with van der Waals surface area (Å²) in [6, 6.07) is 5.85. The third-order valence-corrected chi connectivity index (χ3v) is 4.35. The number of hydrogen-bond acceptors (Lipinski definition) is 6. The molecule has 0 radical (unpaired) electrons. The third kappa shape index (κ3) is 3.92. The molecule has 7 heteroatoms. The number of nitrogens with zero attached hydrogens (tertiary/aromatic N) is 4. The van der Waals surface area contributed by atoms with E-state index in [2.05, 4.69) is 16.4 Å². The quantitative estimate of drug-likeness (QED) is 0.804. The predicted molar refractivity (Wildman–Crippen MR) is 88.9 cm³/mol. The molecule has 0 aliphatic carbocycles. The second-order valence-corrected chi connectivity index (χ2v) is 6.47. The maximum Gasteiger partial charge on any atom is 0.122 e. The van der Waals surface area contributed by atoms with Crippen LogP contribution in [0.4, 0.5) is 0 Å². The van der Waals surface area contributed by atoms with Gasteiger partial charge in [0.25, 0.3) is 0 Å². The van der Waals surface area contributed by atoms with E-state index in [1.807, 2.05) is 30.9 Å². The van der Waals surface area contributed by atoms with Gasteiger partial charge in [0.1, 0.15) is 18.5 Å². The summed E-state index contributed by atoms with van der Waals surface area (Å²) >= 11 is 0. The lowest BCUT2D eigenvalue weighted by Crippen LogP contribution is -2.35. The fourth-order valence-electron chi connectivity index (χ4n) is 3.15. The Hall–Kier alpha value is -1.96. The van der Waals surface area contributed by atoms with Crippen LogP contribution in [0.25, 0.3) is 0 Å². The molecule has 1 aromatic heterocycles. The molecule has 2 heterocycles. The van der Waals surface area contributed by atoms with Gasteiger partial charge in [0.15, 0.2) is 0 Å². The fourth-order valence-corrected chi connectivity index (χ4v) is 3.15. The molecule has 1 unspecified atom stereocenters. The lowest BCUT2D eigenvalue weighted by molar-refractivity contribution is 0.0705. The van der Waals surface area contributed by atoms with Gasteiger partial charge in [-0.1, -0.05) is 22.9 Å². The van der Waals surface area contributed by atoms with Crippen molar-refractivity contribution in [3.63, 3.8) is 0 Å². The summed E-state index contributed by atoms with van der Waals surface area (Å²) in [5.41, 5.74) is 2.25. The molecule has 1 aliphatic heterocycles. The molecule has 1 saturated heterocycles. The first-order chi connectivity index (χ1) is 11.5. The predicted octanol–water partition coefficient (Wildman–Crippen LogP) is 0.552. The molecule has 3 rings (SSSR count). The van der Waals surface area contributed by atoms with E-state index in [9.17, 15) is 10.2 Å². The van der Waals surface area contributed by atoms with Crippen LogP contribution in [0, 0.1) is 13.8 Å². The minimum absolute atomic E-state index is 0.125. The number of hydrogen-bond donors (Lipinski definition) is 2. The van der Waals surface area contributed by atoms with E-state index < -0.39 is 12.2 Å². The minimum Gasteiger partial charge on any atom is -0.491 e. The van der Waals surface area contributed by atoms with E-state index in [4.69, 9.17) is 4.74 Å². The molecule has 24 heavy (non-hydrogen) atoms. The highest BCUT2D eigenvalue weighted by atomic mass is 16.5. The SMILES string of the molecule is Cc1ccc(OCC(O)CN2C[C@@H](O)[C@H](n3ccnn3)C2)c(C)c1. The molecule has 1 aromatic carbocycles. The molecule has 0 saturated carbocycles. The van der Waals surface area contributed by atoms with Gasteiger partial charge in [0, 0.05) is 25.8 Å². The van der Waals surface area contributed by atoms with Crippen LogP contribution in [0.1, 0.15) is 17.2 Å². The van der Waals surface area contributed by atoms with Crippen molar-refractivity contribution in [1.82, 2.24) is 19.9 Å². The van der Waals surface area contributed by atoms with Crippen LogP contribution in [0.2, 0.25) is 0 Å². The Bertz CT molecular complexity index is 662. The summed E-state index contributed by atoms with van der Waals surface area (Å²) < 4.78 is 7.39. The zero-order chi connectivity index (χ0) is 17.1. The molecule has 0 bridgehead atoms. The fraction of sp³-hybridized carbons (Fsp3) is 0.529. The monoisotopic (exact) mass is 332 g/mol. The van der Waals surface area contributed by atoms with Crippen LogP contribution in [0.15, 0.2) is 30.6 Å². The van der Waals surface area contributed by atoms with Crippen LogP contribution < -0.4 is 4.74 Å². The highest BCUT2D eigenvalue weighted by Crippen LogP contribution is 2.22.